The van der Waals surface area contributed by atoms with E-state index in [0.29, 0.717) is 0 Å². The molecule has 0 aromatic carbocycles. The van der Waals surface area contributed by atoms with Crippen molar-refractivity contribution in [3.63, 3.8) is 0 Å². The Balaban J connectivity index is 6.38. The summed E-state index contributed by atoms with van der Waals surface area (Å²) in [7, 11) is -8.80. The Morgan fingerprint density at radius 2 is 0.750 bits per heavy atom. The molecule has 0 N–H and O–H groups in total. The van der Waals surface area contributed by atoms with Crippen LogP contribution in [0.2, 0.25) is 0 Å². The molecule has 20 heavy (non-hydrogen) atoms. The van der Waals surface area contributed by atoms with Crippen molar-refractivity contribution in [2.24, 2.45) is 0 Å². The molecule has 0 fully saturated rings. The predicted octanol–water partition coefficient (Wildman–Crippen LogP) is 5.72. The maximum atomic E-state index is 12.6. The van der Waals surface area contributed by atoms with Gasteiger partial charge in [0.1, 0.15) is 0 Å². The summed E-state index contributed by atoms with van der Waals surface area (Å²) < 4.78 is 167. The van der Waals surface area contributed by atoms with Gasteiger partial charge in [-0.15, -0.1) is 0 Å². The summed E-state index contributed by atoms with van der Waals surface area (Å²) in [5, 5.41) is 0. The Kier molecular flexibility index (Phi) is 4.35. The molecule has 0 unspecified atom stereocenters. The van der Waals surface area contributed by atoms with Gasteiger partial charge in [0.25, 0.3) is 0 Å². The van der Waals surface area contributed by atoms with E-state index < -0.39 is 37.8 Å². The molecule has 0 bridgehead atoms. The zero-order valence-corrected chi connectivity index (χ0v) is 9.13. The highest BCUT2D eigenvalue weighted by molar-refractivity contribution is 7.61. The molecule has 0 radical (unpaired) electrons. The van der Waals surface area contributed by atoms with Crippen molar-refractivity contribution < 1.29 is 60.9 Å². The summed E-state index contributed by atoms with van der Waals surface area (Å²) in [6.45, 7) is 0. The highest BCUT2D eigenvalue weighted by Crippen LogP contribution is 2.81. The second-order valence-electron chi connectivity index (χ2n) is 3.21. The maximum absolute atomic E-state index is 12.6. The molecule has 0 spiro atoms. The van der Waals surface area contributed by atoms with Gasteiger partial charge in [-0.1, -0.05) is 0 Å². The standard InChI is InChI=1S/C5F14P/c6-1(3(9,10)11,4(12,13)14)2(7,8)5(15,16)20(17,18)19/q+1. The topological polar surface area (TPSA) is 0 Å². The van der Waals surface area contributed by atoms with Crippen molar-refractivity contribution in [3.05, 3.63) is 0 Å². The highest BCUT2D eigenvalue weighted by atomic mass is 31.3. The van der Waals surface area contributed by atoms with Gasteiger partial charge in [0.2, 0.25) is 0 Å². The molecule has 0 heterocycles. The van der Waals surface area contributed by atoms with E-state index in [0.717, 1.165) is 0 Å². The van der Waals surface area contributed by atoms with E-state index >= 15 is 0 Å². The van der Waals surface area contributed by atoms with Gasteiger partial charge in [-0.3, -0.25) is 0 Å². The smallest absolute Gasteiger partial charge is 0.216 e. The van der Waals surface area contributed by atoms with Crippen LogP contribution in [-0.2, 0) is 0 Å². The summed E-state index contributed by atoms with van der Waals surface area (Å²) in [6.07, 6.45) is -15.5. The Labute approximate surface area is 100.0 Å². The maximum Gasteiger partial charge on any atom is 0.644 e. The van der Waals surface area contributed by atoms with E-state index in [1.807, 2.05) is 0 Å². The van der Waals surface area contributed by atoms with Crippen molar-refractivity contribution in [2.45, 2.75) is 29.6 Å². The lowest BCUT2D eigenvalue weighted by atomic mass is 9.96. The first-order chi connectivity index (χ1) is 8.25. The van der Waals surface area contributed by atoms with Gasteiger partial charge in [0, 0.05) is 12.6 Å². The number of hydrogen-bond acceptors (Lipinski definition) is 0. The summed E-state index contributed by atoms with van der Waals surface area (Å²) >= 11 is 0. The zero-order chi connectivity index (χ0) is 17.0. The largest absolute Gasteiger partial charge is 0.644 e. The van der Waals surface area contributed by atoms with E-state index in [9.17, 15) is 60.9 Å². The van der Waals surface area contributed by atoms with Gasteiger partial charge < -0.3 is 0 Å². The summed E-state index contributed by atoms with van der Waals surface area (Å²) in [6, 6.07) is 0. The van der Waals surface area contributed by atoms with Crippen LogP contribution in [0.1, 0.15) is 0 Å². The summed E-state index contributed by atoms with van der Waals surface area (Å²) in [5.74, 6) is -8.12. The van der Waals surface area contributed by atoms with Crippen LogP contribution in [0.25, 0.3) is 0 Å². The highest BCUT2D eigenvalue weighted by Gasteiger charge is 2.98. The van der Waals surface area contributed by atoms with Gasteiger partial charge >= 0.3 is 37.8 Å². The molecule has 0 aliphatic rings. The number of alkyl halides is 11. The molecule has 0 nitrogen and oxygen atoms in total. The molecule has 0 aromatic rings. The Hall–Kier alpha value is -0.550. The van der Waals surface area contributed by atoms with E-state index in [1.165, 1.54) is 0 Å². The molecule has 0 rings (SSSR count). The van der Waals surface area contributed by atoms with Gasteiger partial charge in [0.15, 0.2) is 0 Å². The van der Waals surface area contributed by atoms with Crippen LogP contribution in [-0.4, -0.2) is 29.6 Å². The molecular weight excluding hydrogens is 357 g/mol. The predicted molar refractivity (Wildman–Crippen MR) is 36.1 cm³/mol. The fraction of sp³-hybridized carbons (Fsp3) is 1.00. The molecule has 122 valence electrons. The van der Waals surface area contributed by atoms with Crippen molar-refractivity contribution in [1.82, 2.24) is 0 Å². The average molecular weight is 357 g/mol. The first-order valence-corrected chi connectivity index (χ1v) is 5.27. The third-order valence-corrected chi connectivity index (χ3v) is 2.83. The quantitative estimate of drug-likeness (QED) is 0.448. The van der Waals surface area contributed by atoms with Crippen LogP contribution < -0.4 is 0 Å². The normalized spacial score (nSPS) is 16.5. The van der Waals surface area contributed by atoms with Crippen molar-refractivity contribution in [2.75, 3.05) is 0 Å². The van der Waals surface area contributed by atoms with Crippen molar-refractivity contribution >= 4 is 8.19 Å². The molecule has 0 aromatic heterocycles. The fourth-order valence-electron chi connectivity index (χ4n) is 0.883. The molecule has 0 aliphatic carbocycles. The first-order valence-electron chi connectivity index (χ1n) is 3.81. The Morgan fingerprint density at radius 3 is 0.900 bits per heavy atom. The fourth-order valence-corrected chi connectivity index (χ4v) is 1.36. The lowest BCUT2D eigenvalue weighted by molar-refractivity contribution is -0.417. The SMILES string of the molecule is FC(F)(F)C(F)(C(F)(F)F)C(F)(F)C(F)(F)[P+](F)(F)F. The van der Waals surface area contributed by atoms with Crippen LogP contribution in [0, 0.1) is 0 Å². The minimum absolute atomic E-state index is 7.76. The minimum atomic E-state index is -8.80. The molecule has 0 atom stereocenters. The van der Waals surface area contributed by atoms with Crippen LogP contribution in [0.15, 0.2) is 0 Å². The summed E-state index contributed by atoms with van der Waals surface area (Å²) in [4.78, 5) is 0. The Morgan fingerprint density at radius 1 is 0.500 bits per heavy atom. The third-order valence-electron chi connectivity index (χ3n) is 1.91. The van der Waals surface area contributed by atoms with Gasteiger partial charge in [-0.25, -0.2) is 4.39 Å². The average Bonchev–Trinajstić information content (AvgIpc) is 2.10. The van der Waals surface area contributed by atoms with Crippen LogP contribution >= 0.6 is 8.19 Å². The number of halogens is 14. The number of rotatable bonds is 3. The van der Waals surface area contributed by atoms with Crippen molar-refractivity contribution in [3.8, 4) is 0 Å². The van der Waals surface area contributed by atoms with Gasteiger partial charge in [-0.2, -0.15) is 43.9 Å². The van der Waals surface area contributed by atoms with E-state index in [2.05, 4.69) is 0 Å². The second kappa shape index (κ2) is 4.47. The van der Waals surface area contributed by atoms with Crippen molar-refractivity contribution in [1.29, 1.82) is 0 Å². The minimum Gasteiger partial charge on any atom is -0.216 e. The molecule has 15 heteroatoms. The van der Waals surface area contributed by atoms with Crippen LogP contribution in [0.5, 0.6) is 0 Å². The van der Waals surface area contributed by atoms with E-state index in [-0.39, 0.29) is 0 Å². The van der Waals surface area contributed by atoms with Gasteiger partial charge in [0.05, 0.1) is 0 Å². The number of hydrogen-bond donors (Lipinski definition) is 0. The monoisotopic (exact) mass is 357 g/mol. The van der Waals surface area contributed by atoms with E-state index in [4.69, 9.17) is 0 Å². The lowest BCUT2D eigenvalue weighted by Gasteiger charge is -2.36. The Bertz CT molecular complexity index is 341. The molecule has 0 saturated heterocycles. The molecule has 0 amide bonds. The van der Waals surface area contributed by atoms with E-state index in [1.54, 1.807) is 0 Å². The van der Waals surface area contributed by atoms with Crippen LogP contribution in [0.4, 0.5) is 60.9 Å². The van der Waals surface area contributed by atoms with Crippen LogP contribution in [0.3, 0.4) is 0 Å². The molecular formula is C5F14P+. The zero-order valence-electron chi connectivity index (χ0n) is 8.24. The lowest BCUT2D eigenvalue weighted by Crippen LogP contribution is -2.69. The first kappa shape index (κ1) is 19.4. The molecule has 0 aliphatic heterocycles. The molecule has 0 saturated carbocycles. The second-order valence-corrected chi connectivity index (χ2v) is 4.67. The van der Waals surface area contributed by atoms with Gasteiger partial charge in [-0.05, 0) is 0 Å². The third kappa shape index (κ3) is 2.39. The summed E-state index contributed by atoms with van der Waals surface area (Å²) in [5.41, 5.74) is -15.9.